The highest BCUT2D eigenvalue weighted by Crippen LogP contribution is 2.34. The Kier molecular flexibility index (Phi) is 12.4. The fraction of sp³-hybridized carbons (Fsp3) is 0.640. The van der Waals surface area contributed by atoms with Gasteiger partial charge in [0.2, 0.25) is 0 Å². The molecule has 0 N–H and O–H groups in total. The highest BCUT2D eigenvalue weighted by atomic mass is 28.5. The summed E-state index contributed by atoms with van der Waals surface area (Å²) in [5.74, 6) is -0.322. The van der Waals surface area contributed by atoms with Crippen LogP contribution in [0.5, 0.6) is 0 Å². The van der Waals surface area contributed by atoms with Gasteiger partial charge in [-0.15, -0.1) is 0 Å². The maximum absolute atomic E-state index is 11.9. The van der Waals surface area contributed by atoms with Crippen LogP contribution in [0.25, 0.3) is 0 Å². The van der Waals surface area contributed by atoms with E-state index >= 15 is 0 Å². The Bertz CT molecular complexity index is 662. The molecule has 0 aliphatic rings. The SMILES string of the molecule is C=C(C)C(=O)OCCC[Si](O[Si](CC)(CC)CC)(O[Si](CC)(CC)CC)c1ccccc1. The minimum Gasteiger partial charge on any atom is -0.462 e. The van der Waals surface area contributed by atoms with Crippen LogP contribution in [0.4, 0.5) is 0 Å². The zero-order chi connectivity index (χ0) is 24.3. The van der Waals surface area contributed by atoms with E-state index in [1.54, 1.807) is 6.92 Å². The number of hydrogen-bond donors (Lipinski definition) is 0. The van der Waals surface area contributed by atoms with Gasteiger partial charge in [-0.2, -0.15) is 0 Å². The molecule has 1 aromatic carbocycles. The maximum atomic E-state index is 11.9. The van der Waals surface area contributed by atoms with E-state index < -0.39 is 25.2 Å². The molecule has 7 heteroatoms. The van der Waals surface area contributed by atoms with E-state index in [0.29, 0.717) is 12.2 Å². The van der Waals surface area contributed by atoms with Crippen LogP contribution in [0.15, 0.2) is 42.5 Å². The van der Waals surface area contributed by atoms with Crippen molar-refractivity contribution in [3.05, 3.63) is 42.5 Å². The first-order valence-electron chi connectivity index (χ1n) is 12.5. The highest BCUT2D eigenvalue weighted by Gasteiger charge is 2.50. The first-order chi connectivity index (χ1) is 15.2. The summed E-state index contributed by atoms with van der Waals surface area (Å²) in [5.41, 5.74) is 0.438. The second-order valence-electron chi connectivity index (χ2n) is 8.83. The van der Waals surface area contributed by atoms with Gasteiger partial charge in [0.1, 0.15) is 0 Å². The molecule has 0 aliphatic carbocycles. The molecule has 0 unspecified atom stereocenters. The zero-order valence-corrected chi connectivity index (χ0v) is 24.6. The van der Waals surface area contributed by atoms with Crippen LogP contribution < -0.4 is 5.19 Å². The van der Waals surface area contributed by atoms with Crippen molar-refractivity contribution >= 4 is 36.4 Å². The summed E-state index contributed by atoms with van der Waals surface area (Å²) in [5, 5.41) is 1.23. The van der Waals surface area contributed by atoms with E-state index in [-0.39, 0.29) is 5.97 Å². The summed E-state index contributed by atoms with van der Waals surface area (Å²) in [7, 11) is -6.63. The summed E-state index contributed by atoms with van der Waals surface area (Å²) in [6.45, 7) is 19.4. The largest absolute Gasteiger partial charge is 0.462 e. The van der Waals surface area contributed by atoms with E-state index in [2.05, 4.69) is 78.5 Å². The molecule has 1 rings (SSSR count). The van der Waals surface area contributed by atoms with Gasteiger partial charge in [0, 0.05) is 5.57 Å². The van der Waals surface area contributed by atoms with Gasteiger partial charge in [-0.1, -0.05) is 78.5 Å². The van der Waals surface area contributed by atoms with Crippen LogP contribution >= 0.6 is 0 Å². The number of carbonyl (C=O) groups is 1. The van der Waals surface area contributed by atoms with Crippen LogP contribution in [0, 0.1) is 0 Å². The molecule has 0 heterocycles. The van der Waals surface area contributed by atoms with Gasteiger partial charge in [0.25, 0.3) is 0 Å². The number of ether oxygens (including phenoxy) is 1. The number of carbonyl (C=O) groups excluding carboxylic acids is 1. The van der Waals surface area contributed by atoms with Crippen LogP contribution in [-0.4, -0.2) is 37.8 Å². The van der Waals surface area contributed by atoms with E-state index in [1.165, 1.54) is 5.19 Å². The number of benzene rings is 1. The molecule has 0 bridgehead atoms. The standard InChI is InChI=1S/C25H46O4Si3/c1-9-30(10-2,11-3)28-32(24-19-16-15-17-20-24,29-31(12-4,13-5)14-6)22-18-21-27-25(26)23(7)8/h15-17,19-20H,7,9-14,18,21-22H2,1-6,8H3. The molecule has 0 radical (unpaired) electrons. The monoisotopic (exact) mass is 494 g/mol. The fourth-order valence-corrected chi connectivity index (χ4v) is 20.3. The number of rotatable bonds is 16. The lowest BCUT2D eigenvalue weighted by Gasteiger charge is -2.46. The Morgan fingerprint density at radius 3 is 1.62 bits per heavy atom. The van der Waals surface area contributed by atoms with Gasteiger partial charge >= 0.3 is 14.5 Å². The molecule has 0 spiro atoms. The maximum Gasteiger partial charge on any atom is 0.352 e. The molecule has 32 heavy (non-hydrogen) atoms. The van der Waals surface area contributed by atoms with Gasteiger partial charge in [0.05, 0.1) is 6.61 Å². The fourth-order valence-electron chi connectivity index (χ4n) is 4.30. The summed E-state index contributed by atoms with van der Waals surface area (Å²) in [6, 6.07) is 18.0. The third kappa shape index (κ3) is 7.52. The lowest BCUT2D eigenvalue weighted by Crippen LogP contribution is -2.65. The third-order valence-electron chi connectivity index (χ3n) is 7.07. The molecule has 0 aliphatic heterocycles. The van der Waals surface area contributed by atoms with Crippen molar-refractivity contribution in [1.82, 2.24) is 0 Å². The first-order valence-corrected chi connectivity index (χ1v) is 19.6. The van der Waals surface area contributed by atoms with E-state index in [4.69, 9.17) is 13.0 Å². The molecule has 0 amide bonds. The molecule has 0 aromatic heterocycles. The third-order valence-corrected chi connectivity index (χ3v) is 23.1. The smallest absolute Gasteiger partial charge is 0.352 e. The molecule has 0 fully saturated rings. The van der Waals surface area contributed by atoms with E-state index in [0.717, 1.165) is 48.7 Å². The highest BCUT2D eigenvalue weighted by molar-refractivity contribution is 6.96. The first kappa shape index (κ1) is 29.0. The number of esters is 1. The predicted molar refractivity (Wildman–Crippen MR) is 144 cm³/mol. The Labute approximate surface area is 200 Å². The summed E-state index contributed by atoms with van der Waals surface area (Å²) < 4.78 is 20.3. The van der Waals surface area contributed by atoms with Crippen molar-refractivity contribution in [3.63, 3.8) is 0 Å². The van der Waals surface area contributed by atoms with Gasteiger partial charge in [-0.3, -0.25) is 0 Å². The Morgan fingerprint density at radius 2 is 1.25 bits per heavy atom. The average molecular weight is 495 g/mol. The van der Waals surface area contributed by atoms with E-state index in [1.807, 2.05) is 0 Å². The van der Waals surface area contributed by atoms with E-state index in [9.17, 15) is 4.79 Å². The predicted octanol–water partition coefficient (Wildman–Crippen LogP) is 6.89. The van der Waals surface area contributed by atoms with Crippen molar-refractivity contribution in [3.8, 4) is 0 Å². The van der Waals surface area contributed by atoms with Crippen LogP contribution in [-0.2, 0) is 17.8 Å². The van der Waals surface area contributed by atoms with Gasteiger partial charge < -0.3 is 13.0 Å². The van der Waals surface area contributed by atoms with Gasteiger partial charge in [-0.05, 0) is 60.8 Å². The summed E-state index contributed by atoms with van der Waals surface area (Å²) >= 11 is 0. The molecular weight excluding hydrogens is 449 g/mol. The average Bonchev–Trinajstić information content (AvgIpc) is 2.84. The second kappa shape index (κ2) is 13.6. The Hall–Kier alpha value is -0.999. The van der Waals surface area contributed by atoms with Crippen molar-refractivity contribution < 1.29 is 17.8 Å². The van der Waals surface area contributed by atoms with Crippen LogP contribution in [0.3, 0.4) is 0 Å². The van der Waals surface area contributed by atoms with Crippen molar-refractivity contribution in [2.24, 2.45) is 0 Å². The summed E-state index contributed by atoms with van der Waals surface area (Å²) in [6.07, 6.45) is 0.739. The molecule has 0 saturated heterocycles. The molecular formula is C25H46O4Si3. The van der Waals surface area contributed by atoms with Crippen molar-refractivity contribution in [2.75, 3.05) is 6.61 Å². The number of hydrogen-bond acceptors (Lipinski definition) is 4. The molecule has 0 saturated carbocycles. The van der Waals surface area contributed by atoms with Crippen molar-refractivity contribution in [2.45, 2.75) is 97.2 Å². The van der Waals surface area contributed by atoms with Crippen LogP contribution in [0.2, 0.25) is 42.3 Å². The van der Waals surface area contributed by atoms with Crippen LogP contribution in [0.1, 0.15) is 54.9 Å². The molecule has 182 valence electrons. The molecule has 1 aromatic rings. The quantitative estimate of drug-likeness (QED) is 0.109. The zero-order valence-electron chi connectivity index (χ0n) is 21.6. The molecule has 0 atom stereocenters. The van der Waals surface area contributed by atoms with Crippen molar-refractivity contribution in [1.29, 1.82) is 0 Å². The van der Waals surface area contributed by atoms with Gasteiger partial charge in [0.15, 0.2) is 16.6 Å². The topological polar surface area (TPSA) is 44.8 Å². The summed E-state index contributed by atoms with van der Waals surface area (Å²) in [4.78, 5) is 11.9. The lowest BCUT2D eigenvalue weighted by molar-refractivity contribution is -0.138. The lowest BCUT2D eigenvalue weighted by atomic mass is 10.4. The second-order valence-corrected chi connectivity index (χ2v) is 22.0. The Morgan fingerprint density at radius 1 is 0.812 bits per heavy atom. The normalized spacial score (nSPS) is 12.6. The minimum absolute atomic E-state index is 0.322. The Balaban J connectivity index is 3.45. The van der Waals surface area contributed by atoms with Gasteiger partial charge in [-0.25, -0.2) is 4.79 Å². The molecule has 4 nitrogen and oxygen atoms in total. The minimum atomic E-state index is -2.76.